The summed E-state index contributed by atoms with van der Waals surface area (Å²) in [6, 6.07) is 9.33. The first kappa shape index (κ1) is 11.6. The molecule has 6 nitrogen and oxygen atoms in total. The third-order valence-electron chi connectivity index (χ3n) is 2.89. The van der Waals surface area contributed by atoms with Gasteiger partial charge in [0.15, 0.2) is 5.15 Å². The van der Waals surface area contributed by atoms with Crippen molar-refractivity contribution in [1.29, 1.82) is 0 Å². The number of benzene rings is 2. The Bertz CT molecular complexity index is 835. The van der Waals surface area contributed by atoms with Crippen LogP contribution >= 0.6 is 11.6 Å². The number of hydrogen-bond donors (Lipinski definition) is 0. The van der Waals surface area contributed by atoms with Crippen LogP contribution in [0.1, 0.15) is 0 Å². The van der Waals surface area contributed by atoms with Gasteiger partial charge in [0.05, 0.1) is 10.3 Å². The minimum atomic E-state index is -0.480. The topological polar surface area (TPSA) is 83.0 Å². The predicted molar refractivity (Wildman–Crippen MR) is 69.9 cm³/mol. The van der Waals surface area contributed by atoms with E-state index in [0.717, 1.165) is 5.39 Å². The zero-order valence-corrected chi connectivity index (χ0v) is 10.2. The highest BCUT2D eigenvalue weighted by Gasteiger charge is 2.14. The highest BCUT2D eigenvalue weighted by atomic mass is 35.5. The molecule has 7 heteroatoms. The van der Waals surface area contributed by atoms with Crippen LogP contribution < -0.4 is 4.85 Å². The van der Waals surface area contributed by atoms with Gasteiger partial charge in [0.25, 0.3) is 11.2 Å². The third kappa shape index (κ3) is 1.82. The maximum atomic E-state index is 11.6. The predicted octanol–water partition coefficient (Wildman–Crippen LogP) is 2.58. The van der Waals surface area contributed by atoms with E-state index in [0.29, 0.717) is 21.1 Å². The largest absolute Gasteiger partial charge is 0.594 e. The van der Waals surface area contributed by atoms with E-state index in [9.17, 15) is 15.3 Å². The van der Waals surface area contributed by atoms with E-state index in [2.05, 4.69) is 5.10 Å². The molecule has 3 rings (SSSR count). The van der Waals surface area contributed by atoms with E-state index < -0.39 is 4.92 Å². The van der Waals surface area contributed by atoms with E-state index in [1.54, 1.807) is 18.2 Å². The molecule has 0 spiro atoms. The molecule has 0 amide bonds. The monoisotopic (exact) mass is 275 g/mol. The van der Waals surface area contributed by atoms with Crippen LogP contribution in [-0.2, 0) is 0 Å². The Morgan fingerprint density at radius 1 is 1.16 bits per heavy atom. The Hall–Kier alpha value is -2.47. The van der Waals surface area contributed by atoms with Crippen LogP contribution in [0, 0.1) is 15.3 Å². The second kappa shape index (κ2) is 4.03. The van der Waals surface area contributed by atoms with E-state index >= 15 is 0 Å². The molecule has 0 aliphatic rings. The second-order valence-electron chi connectivity index (χ2n) is 4.00. The van der Waals surface area contributed by atoms with Gasteiger partial charge in [-0.25, -0.2) is 0 Å². The molecule has 1 aromatic heterocycles. The SMILES string of the molecule is O=[N+]([O-])c1ccc2ccc3c(cc(Cl)n[n+]3[O-])c2c1. The first-order valence-electron chi connectivity index (χ1n) is 5.33. The van der Waals surface area contributed by atoms with Gasteiger partial charge >= 0.3 is 0 Å². The van der Waals surface area contributed by atoms with Gasteiger partial charge in [-0.1, -0.05) is 11.6 Å². The molecule has 0 fully saturated rings. The Labute approximate surface area is 111 Å². The number of fused-ring (bicyclic) bond motifs is 3. The van der Waals surface area contributed by atoms with Gasteiger partial charge in [-0.05, 0) is 28.4 Å². The molecular weight excluding hydrogens is 270 g/mol. The first-order valence-corrected chi connectivity index (χ1v) is 5.71. The molecule has 0 radical (unpaired) electrons. The van der Waals surface area contributed by atoms with Crippen LogP contribution in [0.3, 0.4) is 0 Å². The summed E-state index contributed by atoms with van der Waals surface area (Å²) >= 11 is 5.76. The second-order valence-corrected chi connectivity index (χ2v) is 4.39. The van der Waals surface area contributed by atoms with Gasteiger partial charge in [0, 0.05) is 28.7 Å². The maximum absolute atomic E-state index is 11.6. The standard InChI is InChI=1S/C12H6ClN3O3/c13-12-6-10-9-5-8(16(18)19)3-1-7(9)2-4-11(10)15(17)14-12/h1-6H. The maximum Gasteiger partial charge on any atom is 0.270 e. The molecule has 3 aromatic rings. The summed E-state index contributed by atoms with van der Waals surface area (Å²) in [5.41, 5.74) is 0.280. The van der Waals surface area contributed by atoms with Crippen molar-refractivity contribution >= 4 is 39.0 Å². The average Bonchev–Trinajstić information content (AvgIpc) is 2.37. The molecule has 94 valence electrons. The van der Waals surface area contributed by atoms with Crippen LogP contribution in [0.5, 0.6) is 0 Å². The van der Waals surface area contributed by atoms with Crippen LogP contribution in [0.25, 0.3) is 21.7 Å². The molecule has 0 aliphatic carbocycles. The molecular formula is C12H6ClN3O3. The number of aromatic nitrogens is 2. The number of hydrogen-bond acceptors (Lipinski definition) is 4. The average molecular weight is 276 g/mol. The van der Waals surface area contributed by atoms with Crippen LogP contribution in [0.4, 0.5) is 5.69 Å². The molecule has 0 aliphatic heterocycles. The van der Waals surface area contributed by atoms with Crippen LogP contribution in [0.2, 0.25) is 5.15 Å². The Morgan fingerprint density at radius 3 is 2.63 bits per heavy atom. The molecule has 0 saturated heterocycles. The summed E-state index contributed by atoms with van der Waals surface area (Å²) in [7, 11) is 0. The molecule has 1 heterocycles. The Balaban J connectivity index is 2.49. The summed E-state index contributed by atoms with van der Waals surface area (Å²) < 4.78 is 0. The summed E-state index contributed by atoms with van der Waals surface area (Å²) in [6.07, 6.45) is 0. The number of non-ortho nitro benzene ring substituents is 1. The van der Waals surface area contributed by atoms with E-state index in [4.69, 9.17) is 11.6 Å². The van der Waals surface area contributed by atoms with Crippen molar-refractivity contribution in [1.82, 2.24) is 5.10 Å². The number of nitro groups is 1. The van der Waals surface area contributed by atoms with Crippen molar-refractivity contribution in [2.45, 2.75) is 0 Å². The summed E-state index contributed by atoms with van der Waals surface area (Å²) in [6.45, 7) is 0. The lowest BCUT2D eigenvalue weighted by atomic mass is 10.1. The fourth-order valence-electron chi connectivity index (χ4n) is 2.04. The van der Waals surface area contributed by atoms with Gasteiger partial charge < -0.3 is 5.21 Å². The van der Waals surface area contributed by atoms with Crippen molar-refractivity contribution in [3.05, 3.63) is 56.9 Å². The quantitative estimate of drug-likeness (QED) is 0.225. The van der Waals surface area contributed by atoms with Crippen molar-refractivity contribution in [2.24, 2.45) is 0 Å². The van der Waals surface area contributed by atoms with E-state index in [1.807, 2.05) is 0 Å². The number of halogens is 1. The smallest absolute Gasteiger partial charge is 0.270 e. The van der Waals surface area contributed by atoms with Crippen molar-refractivity contribution in [2.75, 3.05) is 0 Å². The third-order valence-corrected chi connectivity index (χ3v) is 3.08. The Kier molecular flexibility index (Phi) is 2.46. The zero-order valence-electron chi connectivity index (χ0n) is 9.41. The van der Waals surface area contributed by atoms with Crippen molar-refractivity contribution in [3.63, 3.8) is 0 Å². The summed E-state index contributed by atoms with van der Waals surface area (Å²) in [4.78, 5) is 10.7. The highest BCUT2D eigenvalue weighted by Crippen LogP contribution is 2.28. The molecule has 0 bridgehead atoms. The highest BCUT2D eigenvalue weighted by molar-refractivity contribution is 6.30. The zero-order chi connectivity index (χ0) is 13.6. The summed E-state index contributed by atoms with van der Waals surface area (Å²) in [5, 5.41) is 28.0. The number of nitro benzene ring substituents is 1. The molecule has 2 aromatic carbocycles. The molecule has 0 saturated carbocycles. The molecule has 0 N–H and O–H groups in total. The normalized spacial score (nSPS) is 11.0. The number of rotatable bonds is 1. The Morgan fingerprint density at radius 2 is 1.89 bits per heavy atom. The van der Waals surface area contributed by atoms with Crippen molar-refractivity contribution < 1.29 is 9.77 Å². The first-order chi connectivity index (χ1) is 9.06. The van der Waals surface area contributed by atoms with Gasteiger partial charge in [0.1, 0.15) is 0 Å². The van der Waals surface area contributed by atoms with Crippen LogP contribution in [-0.4, -0.2) is 10.0 Å². The minimum absolute atomic E-state index is 0.0367. The van der Waals surface area contributed by atoms with Crippen molar-refractivity contribution in [3.8, 4) is 0 Å². The lowest BCUT2D eigenvalue weighted by Gasteiger charge is -2.03. The van der Waals surface area contributed by atoms with Crippen LogP contribution in [0.15, 0.2) is 36.4 Å². The lowest BCUT2D eigenvalue weighted by molar-refractivity contribution is -0.642. The summed E-state index contributed by atoms with van der Waals surface area (Å²) in [5.74, 6) is 0. The van der Waals surface area contributed by atoms with E-state index in [-0.39, 0.29) is 10.8 Å². The fraction of sp³-hybridized carbons (Fsp3) is 0. The van der Waals surface area contributed by atoms with Gasteiger partial charge in [-0.3, -0.25) is 10.1 Å². The molecule has 0 atom stereocenters. The van der Waals surface area contributed by atoms with E-state index in [1.165, 1.54) is 18.2 Å². The molecule has 19 heavy (non-hydrogen) atoms. The van der Waals surface area contributed by atoms with Gasteiger partial charge in [-0.15, -0.1) is 0 Å². The molecule has 0 unspecified atom stereocenters. The number of nitrogens with zero attached hydrogens (tertiary/aromatic N) is 3. The van der Waals surface area contributed by atoms with Gasteiger partial charge in [0.2, 0.25) is 0 Å². The lowest BCUT2D eigenvalue weighted by Crippen LogP contribution is -2.31. The van der Waals surface area contributed by atoms with Gasteiger partial charge in [-0.2, -0.15) is 0 Å². The fourth-order valence-corrected chi connectivity index (χ4v) is 2.22. The minimum Gasteiger partial charge on any atom is -0.594 e.